The smallest absolute Gasteiger partial charge is 0.323 e. The van der Waals surface area contributed by atoms with E-state index in [0.29, 0.717) is 5.56 Å². The van der Waals surface area contributed by atoms with Crippen LogP contribution in [0.5, 0.6) is 0 Å². The minimum absolute atomic E-state index is 0.161. The van der Waals surface area contributed by atoms with Gasteiger partial charge in [0.1, 0.15) is 0 Å². The van der Waals surface area contributed by atoms with Crippen molar-refractivity contribution in [2.75, 3.05) is 7.05 Å². The summed E-state index contributed by atoms with van der Waals surface area (Å²) in [5.41, 5.74) is -0.773. The van der Waals surface area contributed by atoms with E-state index in [1.807, 2.05) is 5.32 Å². The van der Waals surface area contributed by atoms with E-state index in [1.165, 1.54) is 25.2 Å². The van der Waals surface area contributed by atoms with E-state index in [1.54, 1.807) is 13.0 Å². The van der Waals surface area contributed by atoms with Crippen molar-refractivity contribution in [1.29, 1.82) is 0 Å². The molecule has 1 rings (SSSR count). The van der Waals surface area contributed by atoms with Crippen molar-refractivity contribution in [3.05, 3.63) is 35.4 Å². The van der Waals surface area contributed by atoms with E-state index in [0.717, 1.165) is 0 Å². The molecule has 0 saturated heterocycles. The van der Waals surface area contributed by atoms with Crippen LogP contribution in [-0.4, -0.2) is 25.0 Å². The van der Waals surface area contributed by atoms with Gasteiger partial charge in [0.25, 0.3) is 0 Å². The first-order valence-corrected chi connectivity index (χ1v) is 4.95. The van der Waals surface area contributed by atoms with Crippen LogP contribution in [0.1, 0.15) is 11.1 Å². The summed E-state index contributed by atoms with van der Waals surface area (Å²) in [5, 5.41) is 4.86. The summed E-state index contributed by atoms with van der Waals surface area (Å²) < 4.78 is 38.2. The Morgan fingerprint density at radius 1 is 1.39 bits per heavy atom. The third-order valence-corrected chi connectivity index (χ3v) is 1.98. The number of oxime groups is 1. The highest BCUT2D eigenvalue weighted by molar-refractivity contribution is 6.04. The van der Waals surface area contributed by atoms with E-state index >= 15 is 0 Å². The first kappa shape index (κ1) is 14.0. The van der Waals surface area contributed by atoms with Crippen LogP contribution in [0.4, 0.5) is 18.0 Å². The van der Waals surface area contributed by atoms with E-state index < -0.39 is 18.0 Å². The minimum atomic E-state index is -4.71. The topological polar surface area (TPSA) is 50.7 Å². The summed E-state index contributed by atoms with van der Waals surface area (Å²) in [4.78, 5) is 14.8. The maximum absolute atomic E-state index is 12.7. The van der Waals surface area contributed by atoms with Gasteiger partial charge in [0.15, 0.2) is 5.71 Å². The third-order valence-electron chi connectivity index (χ3n) is 1.98. The molecule has 1 amide bonds. The van der Waals surface area contributed by atoms with Crippen molar-refractivity contribution in [3.8, 4) is 0 Å². The number of nitrogens with zero attached hydrogens (tertiary/aromatic N) is 1. The SMILES string of the molecule is CNC(=O)O/N=C(/c1cccc(C)c1)C(F)(F)F. The van der Waals surface area contributed by atoms with Crippen molar-refractivity contribution < 1.29 is 22.8 Å². The number of amides is 1. The number of hydrogen-bond donors (Lipinski definition) is 1. The van der Waals surface area contributed by atoms with Gasteiger partial charge in [0.2, 0.25) is 0 Å². The minimum Gasteiger partial charge on any atom is -0.323 e. The molecule has 1 N–H and O–H groups in total. The second kappa shape index (κ2) is 5.52. The summed E-state index contributed by atoms with van der Waals surface area (Å²) in [6.45, 7) is 1.65. The average molecular weight is 260 g/mol. The molecule has 0 aliphatic carbocycles. The zero-order valence-electron chi connectivity index (χ0n) is 9.71. The number of benzene rings is 1. The molecule has 18 heavy (non-hydrogen) atoms. The number of aryl methyl sites for hydroxylation is 1. The lowest BCUT2D eigenvalue weighted by Crippen LogP contribution is -2.26. The molecular weight excluding hydrogens is 249 g/mol. The Morgan fingerprint density at radius 2 is 2.06 bits per heavy atom. The molecule has 0 spiro atoms. The zero-order chi connectivity index (χ0) is 13.8. The molecule has 4 nitrogen and oxygen atoms in total. The molecule has 0 fully saturated rings. The molecule has 0 aliphatic heterocycles. The first-order chi connectivity index (χ1) is 8.34. The fraction of sp³-hybridized carbons (Fsp3) is 0.273. The lowest BCUT2D eigenvalue weighted by atomic mass is 10.1. The summed E-state index contributed by atoms with van der Waals surface area (Å²) in [5.74, 6) is 0. The number of carbonyl (C=O) groups excluding carboxylic acids is 1. The lowest BCUT2D eigenvalue weighted by Gasteiger charge is -2.10. The number of carbonyl (C=O) groups is 1. The molecule has 0 atom stereocenters. The molecule has 0 radical (unpaired) electrons. The first-order valence-electron chi connectivity index (χ1n) is 4.95. The van der Waals surface area contributed by atoms with Crippen LogP contribution in [0.3, 0.4) is 0 Å². The highest BCUT2D eigenvalue weighted by Crippen LogP contribution is 2.23. The predicted octanol–water partition coefficient (Wildman–Crippen LogP) is 2.62. The molecule has 0 unspecified atom stereocenters. The lowest BCUT2D eigenvalue weighted by molar-refractivity contribution is -0.0602. The quantitative estimate of drug-likeness (QED) is 0.505. The van der Waals surface area contributed by atoms with Crippen LogP contribution < -0.4 is 5.32 Å². The molecule has 0 saturated carbocycles. The van der Waals surface area contributed by atoms with Gasteiger partial charge in [0, 0.05) is 12.6 Å². The van der Waals surface area contributed by atoms with Gasteiger partial charge in [-0.05, 0) is 13.0 Å². The van der Waals surface area contributed by atoms with Crippen LogP contribution in [0.2, 0.25) is 0 Å². The highest BCUT2D eigenvalue weighted by atomic mass is 19.4. The zero-order valence-corrected chi connectivity index (χ0v) is 9.71. The highest BCUT2D eigenvalue weighted by Gasteiger charge is 2.38. The Hall–Kier alpha value is -2.05. The maximum Gasteiger partial charge on any atom is 0.437 e. The monoisotopic (exact) mass is 260 g/mol. The maximum atomic E-state index is 12.7. The van der Waals surface area contributed by atoms with E-state index in [2.05, 4.69) is 9.99 Å². The van der Waals surface area contributed by atoms with Crippen LogP contribution in [0, 0.1) is 6.92 Å². The third kappa shape index (κ3) is 3.76. The Kier molecular flexibility index (Phi) is 4.30. The van der Waals surface area contributed by atoms with Crippen molar-refractivity contribution in [2.24, 2.45) is 5.16 Å². The van der Waals surface area contributed by atoms with Gasteiger partial charge < -0.3 is 5.32 Å². The fourth-order valence-electron chi connectivity index (χ4n) is 1.19. The molecule has 0 aromatic heterocycles. The van der Waals surface area contributed by atoms with Crippen molar-refractivity contribution in [3.63, 3.8) is 0 Å². The molecule has 0 heterocycles. The number of nitrogens with one attached hydrogen (secondary N) is 1. The molecule has 0 aliphatic rings. The van der Waals surface area contributed by atoms with E-state index in [9.17, 15) is 18.0 Å². The van der Waals surface area contributed by atoms with Crippen molar-refractivity contribution in [1.82, 2.24) is 5.32 Å². The van der Waals surface area contributed by atoms with Gasteiger partial charge >= 0.3 is 12.3 Å². The van der Waals surface area contributed by atoms with Crippen molar-refractivity contribution >= 4 is 11.8 Å². The number of hydrogen-bond acceptors (Lipinski definition) is 3. The Bertz CT molecular complexity index is 470. The number of alkyl halides is 3. The summed E-state index contributed by atoms with van der Waals surface area (Å²) >= 11 is 0. The number of rotatable bonds is 2. The summed E-state index contributed by atoms with van der Waals surface area (Å²) in [6, 6.07) is 5.66. The van der Waals surface area contributed by atoms with Crippen molar-refractivity contribution in [2.45, 2.75) is 13.1 Å². The second-order valence-electron chi connectivity index (χ2n) is 3.44. The second-order valence-corrected chi connectivity index (χ2v) is 3.44. The molecule has 7 heteroatoms. The summed E-state index contributed by atoms with van der Waals surface area (Å²) in [7, 11) is 1.22. The van der Waals surface area contributed by atoms with Gasteiger partial charge in [-0.3, -0.25) is 4.84 Å². The van der Waals surface area contributed by atoms with Gasteiger partial charge in [-0.15, -0.1) is 0 Å². The van der Waals surface area contributed by atoms with Crippen LogP contribution in [0.15, 0.2) is 29.4 Å². The molecule has 1 aromatic rings. The Morgan fingerprint density at radius 3 is 2.56 bits per heavy atom. The predicted molar refractivity (Wildman–Crippen MR) is 59.3 cm³/mol. The van der Waals surface area contributed by atoms with Crippen LogP contribution >= 0.6 is 0 Å². The molecule has 0 bridgehead atoms. The van der Waals surface area contributed by atoms with Gasteiger partial charge in [-0.25, -0.2) is 4.79 Å². The van der Waals surface area contributed by atoms with Gasteiger partial charge in [-0.2, -0.15) is 13.2 Å². The summed E-state index contributed by atoms with van der Waals surface area (Å²) in [6.07, 6.45) is -5.77. The number of halogens is 3. The fourth-order valence-corrected chi connectivity index (χ4v) is 1.19. The van der Waals surface area contributed by atoms with E-state index in [4.69, 9.17) is 0 Å². The largest absolute Gasteiger partial charge is 0.437 e. The average Bonchev–Trinajstić information content (AvgIpc) is 2.27. The van der Waals surface area contributed by atoms with E-state index in [-0.39, 0.29) is 5.56 Å². The standard InChI is InChI=1S/C11H11F3N2O2/c1-7-4-3-5-8(6-7)9(11(12,13)14)16-18-10(17)15-2/h3-6H,1-2H3,(H,15,17)/b16-9-. The Balaban J connectivity index is 3.11. The van der Waals surface area contributed by atoms with Crippen LogP contribution in [-0.2, 0) is 4.84 Å². The molecule has 98 valence electrons. The normalized spacial score (nSPS) is 12.2. The van der Waals surface area contributed by atoms with Gasteiger partial charge in [0.05, 0.1) is 0 Å². The molecule has 1 aromatic carbocycles. The Labute approximate surface area is 101 Å². The van der Waals surface area contributed by atoms with Gasteiger partial charge in [-0.1, -0.05) is 28.9 Å². The van der Waals surface area contributed by atoms with Crippen LogP contribution in [0.25, 0.3) is 0 Å². The molecular formula is C11H11F3N2O2.